The van der Waals surface area contributed by atoms with E-state index in [0.29, 0.717) is 22.0 Å². The number of piperidine rings is 1. The number of nitrogen functional groups attached to an aromatic ring is 1. The molecule has 1 aromatic carbocycles. The Bertz CT molecular complexity index is 838. The van der Waals surface area contributed by atoms with Gasteiger partial charge < -0.3 is 25.4 Å². The minimum absolute atomic E-state index is 0.0941. The van der Waals surface area contributed by atoms with E-state index in [1.807, 2.05) is 0 Å². The smallest absolute Gasteiger partial charge is 0.255 e. The number of carbonyl (C=O) groups excluding carboxylic acids is 1. The lowest BCUT2D eigenvalue weighted by molar-refractivity contribution is 0.00655. The number of aromatic nitrogens is 3. The van der Waals surface area contributed by atoms with Crippen molar-refractivity contribution in [2.45, 2.75) is 30.1 Å². The van der Waals surface area contributed by atoms with Crippen LogP contribution in [0.3, 0.4) is 0 Å². The van der Waals surface area contributed by atoms with Crippen LogP contribution in [0.2, 0.25) is 5.02 Å². The Balaban J connectivity index is 1.51. The van der Waals surface area contributed by atoms with Gasteiger partial charge in [0.2, 0.25) is 0 Å². The molecule has 2 heterocycles. The van der Waals surface area contributed by atoms with Crippen LogP contribution in [0.1, 0.15) is 23.2 Å². The second kappa shape index (κ2) is 10.9. The number of thioether (sulfide) groups is 1. The standard InChI is InChI=1S/C19H27ClN6O3S/c1-28-16-9-14(21)13(20)8-12(16)18(27)24-15-4-6-26(10-17(15)29-2)5-3-7-30-19-22-11-23-25-19/h8-9,11,15,17H,3-7,10,21H2,1-2H3,(H,24,27)(H,22,23,25)/t15-,17+/m0/s1. The number of likely N-dealkylation sites (tertiary alicyclic amines) is 1. The largest absolute Gasteiger partial charge is 0.496 e. The van der Waals surface area contributed by atoms with Crippen LogP contribution in [-0.4, -0.2) is 77.7 Å². The summed E-state index contributed by atoms with van der Waals surface area (Å²) in [6.07, 6.45) is 3.24. The fourth-order valence-electron chi connectivity index (χ4n) is 3.47. The zero-order chi connectivity index (χ0) is 21.5. The molecule has 1 amide bonds. The molecule has 2 atom stereocenters. The summed E-state index contributed by atoms with van der Waals surface area (Å²) in [5, 5.41) is 10.9. The van der Waals surface area contributed by atoms with E-state index in [-0.39, 0.29) is 18.1 Å². The molecule has 30 heavy (non-hydrogen) atoms. The third kappa shape index (κ3) is 5.78. The van der Waals surface area contributed by atoms with E-state index in [2.05, 4.69) is 25.4 Å². The number of benzene rings is 1. The van der Waals surface area contributed by atoms with Crippen molar-refractivity contribution in [2.24, 2.45) is 0 Å². The number of hydrogen-bond acceptors (Lipinski definition) is 8. The Hall–Kier alpha value is -2.01. The number of halogens is 1. The van der Waals surface area contributed by atoms with Crippen LogP contribution in [0.5, 0.6) is 5.75 Å². The van der Waals surface area contributed by atoms with E-state index in [1.54, 1.807) is 24.9 Å². The fraction of sp³-hybridized carbons (Fsp3) is 0.526. The maximum atomic E-state index is 12.8. The highest BCUT2D eigenvalue weighted by Gasteiger charge is 2.31. The van der Waals surface area contributed by atoms with E-state index in [9.17, 15) is 4.79 Å². The van der Waals surface area contributed by atoms with Gasteiger partial charge in [-0.25, -0.2) is 4.98 Å². The summed E-state index contributed by atoms with van der Waals surface area (Å²) in [5.74, 6) is 1.10. The predicted octanol–water partition coefficient (Wildman–Crippen LogP) is 2.05. The fourth-order valence-corrected chi connectivity index (χ4v) is 4.34. The van der Waals surface area contributed by atoms with Gasteiger partial charge in [0.15, 0.2) is 5.16 Å². The molecule has 3 rings (SSSR count). The van der Waals surface area contributed by atoms with E-state index in [0.717, 1.165) is 43.4 Å². The van der Waals surface area contributed by atoms with Gasteiger partial charge >= 0.3 is 0 Å². The van der Waals surface area contributed by atoms with Crippen molar-refractivity contribution in [1.82, 2.24) is 25.4 Å². The van der Waals surface area contributed by atoms with E-state index < -0.39 is 0 Å². The van der Waals surface area contributed by atoms with Gasteiger partial charge in [0.1, 0.15) is 12.1 Å². The van der Waals surface area contributed by atoms with Crippen molar-refractivity contribution in [3.05, 3.63) is 29.0 Å². The lowest BCUT2D eigenvalue weighted by atomic mass is 10.0. The summed E-state index contributed by atoms with van der Waals surface area (Å²) < 4.78 is 11.0. The third-order valence-corrected chi connectivity index (χ3v) is 6.37. The number of aromatic amines is 1. The number of nitrogens with one attached hydrogen (secondary N) is 2. The van der Waals surface area contributed by atoms with Crippen LogP contribution in [0.25, 0.3) is 0 Å². The number of rotatable bonds is 9. The van der Waals surface area contributed by atoms with Gasteiger partial charge in [0.05, 0.1) is 35.5 Å². The van der Waals surface area contributed by atoms with Gasteiger partial charge in [0.25, 0.3) is 5.91 Å². The molecule has 0 unspecified atom stereocenters. The molecule has 1 saturated heterocycles. The quantitative estimate of drug-likeness (QED) is 0.299. The molecule has 11 heteroatoms. The first kappa shape index (κ1) is 22.7. The molecule has 2 aromatic rings. The van der Waals surface area contributed by atoms with Crippen molar-refractivity contribution >= 4 is 35.0 Å². The van der Waals surface area contributed by atoms with Gasteiger partial charge in [-0.3, -0.25) is 9.89 Å². The average Bonchev–Trinajstić information content (AvgIpc) is 3.27. The second-order valence-corrected chi connectivity index (χ2v) is 8.50. The van der Waals surface area contributed by atoms with E-state index in [4.69, 9.17) is 26.8 Å². The summed E-state index contributed by atoms with van der Waals surface area (Å²) in [5.41, 5.74) is 6.54. The number of nitrogens with two attached hydrogens (primary N) is 1. The zero-order valence-corrected chi connectivity index (χ0v) is 18.6. The first-order valence-electron chi connectivity index (χ1n) is 9.69. The number of anilines is 1. The number of nitrogens with zero attached hydrogens (tertiary/aromatic N) is 3. The normalized spacial score (nSPS) is 19.6. The molecule has 0 radical (unpaired) electrons. The molecule has 0 saturated carbocycles. The van der Waals surface area contributed by atoms with Crippen LogP contribution in [0.15, 0.2) is 23.6 Å². The van der Waals surface area contributed by atoms with Crippen LogP contribution in [0.4, 0.5) is 5.69 Å². The molecule has 1 fully saturated rings. The van der Waals surface area contributed by atoms with Gasteiger partial charge in [-0.2, -0.15) is 5.10 Å². The topological polar surface area (TPSA) is 118 Å². The molecular weight excluding hydrogens is 428 g/mol. The Morgan fingerprint density at radius 2 is 2.30 bits per heavy atom. The summed E-state index contributed by atoms with van der Waals surface area (Å²) in [6.45, 7) is 2.61. The molecule has 1 aliphatic rings. The maximum Gasteiger partial charge on any atom is 0.255 e. The van der Waals surface area contributed by atoms with Gasteiger partial charge in [-0.05, 0) is 25.5 Å². The summed E-state index contributed by atoms with van der Waals surface area (Å²) in [6, 6.07) is 3.00. The highest BCUT2D eigenvalue weighted by atomic mass is 35.5. The minimum atomic E-state index is -0.252. The average molecular weight is 455 g/mol. The van der Waals surface area contributed by atoms with Gasteiger partial charge in [-0.15, -0.1) is 0 Å². The van der Waals surface area contributed by atoms with Crippen LogP contribution in [-0.2, 0) is 4.74 Å². The monoisotopic (exact) mass is 454 g/mol. The molecular formula is C19H27ClN6O3S. The number of carbonyl (C=O) groups is 1. The second-order valence-electron chi connectivity index (χ2n) is 7.01. The first-order chi connectivity index (χ1) is 14.5. The lowest BCUT2D eigenvalue weighted by Gasteiger charge is -2.38. The highest BCUT2D eigenvalue weighted by Crippen LogP contribution is 2.29. The van der Waals surface area contributed by atoms with Crippen molar-refractivity contribution < 1.29 is 14.3 Å². The Morgan fingerprint density at radius 3 is 3.00 bits per heavy atom. The summed E-state index contributed by atoms with van der Waals surface area (Å²) >= 11 is 7.75. The number of methoxy groups -OCH3 is 2. The van der Waals surface area contributed by atoms with Crippen LogP contribution >= 0.6 is 23.4 Å². The Morgan fingerprint density at radius 1 is 1.47 bits per heavy atom. The molecule has 1 aliphatic heterocycles. The SMILES string of the molecule is COc1cc(N)c(Cl)cc1C(=O)N[C@H]1CCN(CCCSc2ncn[nH]2)C[C@H]1OC. The Labute approximate surface area is 185 Å². The lowest BCUT2D eigenvalue weighted by Crippen LogP contribution is -2.55. The summed E-state index contributed by atoms with van der Waals surface area (Å²) in [4.78, 5) is 19.3. The van der Waals surface area contributed by atoms with Crippen LogP contribution < -0.4 is 15.8 Å². The molecule has 9 nitrogen and oxygen atoms in total. The maximum absolute atomic E-state index is 12.8. The summed E-state index contributed by atoms with van der Waals surface area (Å²) in [7, 11) is 3.17. The van der Waals surface area contributed by atoms with E-state index >= 15 is 0 Å². The van der Waals surface area contributed by atoms with Crippen LogP contribution in [0, 0.1) is 0 Å². The molecule has 1 aromatic heterocycles. The molecule has 0 aliphatic carbocycles. The predicted molar refractivity (Wildman–Crippen MR) is 117 cm³/mol. The van der Waals surface area contributed by atoms with Crippen molar-refractivity contribution in [3.8, 4) is 5.75 Å². The minimum Gasteiger partial charge on any atom is -0.496 e. The molecule has 164 valence electrons. The Kier molecular flexibility index (Phi) is 8.20. The highest BCUT2D eigenvalue weighted by molar-refractivity contribution is 7.99. The number of H-pyrrole nitrogens is 1. The first-order valence-corrected chi connectivity index (χ1v) is 11.0. The zero-order valence-electron chi connectivity index (χ0n) is 17.1. The number of hydrogen-bond donors (Lipinski definition) is 3. The number of amides is 1. The number of ether oxygens (including phenoxy) is 2. The van der Waals surface area contributed by atoms with Crippen molar-refractivity contribution in [3.63, 3.8) is 0 Å². The molecule has 0 bridgehead atoms. The molecule has 4 N–H and O–H groups in total. The van der Waals surface area contributed by atoms with Crippen molar-refractivity contribution in [1.29, 1.82) is 0 Å². The van der Waals surface area contributed by atoms with E-state index in [1.165, 1.54) is 19.5 Å². The van der Waals surface area contributed by atoms with Gasteiger partial charge in [-0.1, -0.05) is 23.4 Å². The van der Waals surface area contributed by atoms with Gasteiger partial charge in [0, 0.05) is 32.0 Å². The van der Waals surface area contributed by atoms with Crippen molar-refractivity contribution in [2.75, 3.05) is 45.3 Å². The third-order valence-electron chi connectivity index (χ3n) is 5.08. The molecule has 0 spiro atoms.